The summed E-state index contributed by atoms with van der Waals surface area (Å²) in [4.78, 5) is 16.4. The number of hydrogen-bond donors (Lipinski definition) is 2. The van der Waals surface area contributed by atoms with E-state index in [0.717, 1.165) is 70.5 Å². The number of rotatable bonds is 0. The molecule has 0 aromatic carbocycles. The molecule has 0 unspecified atom stereocenters. The first-order valence-corrected chi connectivity index (χ1v) is 8.44. The van der Waals surface area contributed by atoms with Crippen LogP contribution in [0, 0.1) is 0 Å². The van der Waals surface area contributed by atoms with Crippen LogP contribution in [-0.4, -0.2) is 19.9 Å². The molecule has 0 saturated carbocycles. The van der Waals surface area contributed by atoms with Gasteiger partial charge in [-0.25, -0.2) is 0 Å². The molecule has 0 radical (unpaired) electrons. The third kappa shape index (κ3) is 3.38. The van der Waals surface area contributed by atoms with Crippen molar-refractivity contribution in [3.8, 4) is 0 Å². The smallest absolute Gasteiger partial charge is 0.0431 e. The average Bonchev–Trinajstić information content (AvgIpc) is 3.32. The van der Waals surface area contributed by atoms with Crippen LogP contribution in [0.4, 0.5) is 0 Å². The zero-order chi connectivity index (χ0) is 15.9. The molecular weight excluding hydrogens is 355 g/mol. The van der Waals surface area contributed by atoms with Crippen LogP contribution in [-0.2, 0) is 42.2 Å². The van der Waals surface area contributed by atoms with Gasteiger partial charge in [-0.15, -0.1) is 0 Å². The van der Waals surface area contributed by atoms with Crippen molar-refractivity contribution in [1.29, 1.82) is 0 Å². The SMILES string of the molecule is [Ni].c1cc2cc3nc(cc4ccc(cc5nc(cc1[nH]2)CC5)[nH]4)CC3. The molecule has 2 aliphatic rings. The van der Waals surface area contributed by atoms with Gasteiger partial charge in [0.25, 0.3) is 0 Å². The third-order valence-electron chi connectivity index (χ3n) is 4.60. The molecule has 0 aliphatic carbocycles. The number of aromatic amines is 2. The van der Waals surface area contributed by atoms with Crippen LogP contribution in [0.25, 0.3) is 22.1 Å². The summed E-state index contributed by atoms with van der Waals surface area (Å²) in [5, 5.41) is 0. The Hall–Kier alpha value is -2.39. The molecule has 2 N–H and O–H groups in total. The fraction of sp³-hybridized carbons (Fsp3) is 0.200. The fourth-order valence-electron chi connectivity index (χ4n) is 3.44. The Morgan fingerprint density at radius 3 is 1.08 bits per heavy atom. The maximum atomic E-state index is 4.76. The van der Waals surface area contributed by atoms with Gasteiger partial charge in [-0.2, -0.15) is 0 Å². The van der Waals surface area contributed by atoms with Crippen molar-refractivity contribution in [3.63, 3.8) is 0 Å². The van der Waals surface area contributed by atoms with Crippen LogP contribution in [0.2, 0.25) is 0 Å². The van der Waals surface area contributed by atoms with Crippen LogP contribution in [0.5, 0.6) is 0 Å². The topological polar surface area (TPSA) is 57.4 Å². The van der Waals surface area contributed by atoms with Gasteiger partial charge in [-0.1, -0.05) is 0 Å². The first-order valence-electron chi connectivity index (χ1n) is 8.44. The molecule has 0 amide bonds. The molecule has 128 valence electrons. The molecule has 4 nitrogen and oxygen atoms in total. The van der Waals surface area contributed by atoms with E-state index in [1.54, 1.807) is 0 Å². The van der Waals surface area contributed by atoms with Crippen molar-refractivity contribution in [2.24, 2.45) is 0 Å². The first kappa shape index (κ1) is 16.1. The van der Waals surface area contributed by atoms with E-state index < -0.39 is 0 Å². The van der Waals surface area contributed by atoms with Crippen molar-refractivity contribution < 1.29 is 16.5 Å². The van der Waals surface area contributed by atoms with Crippen LogP contribution in [0.3, 0.4) is 0 Å². The standard InChI is InChI=1S/C20H18N4.Ni/c1-2-14-10-16-5-6-18(23-16)12-20-8-7-19(24-20)11-17-4-3-15(22-17)9-13(1)21-14;/h1-2,7-12,21,24H,3-6H2;. The second-order valence-corrected chi connectivity index (χ2v) is 6.50. The Morgan fingerprint density at radius 1 is 0.520 bits per heavy atom. The summed E-state index contributed by atoms with van der Waals surface area (Å²) in [5.41, 5.74) is 8.94. The minimum absolute atomic E-state index is 0. The van der Waals surface area contributed by atoms with Gasteiger partial charge in [-0.3, -0.25) is 9.97 Å². The minimum Gasteiger partial charge on any atom is -0.355 e. The number of H-pyrrole nitrogens is 2. The van der Waals surface area contributed by atoms with Gasteiger partial charge < -0.3 is 9.97 Å². The number of fused-ring (bicyclic) bond motifs is 8. The third-order valence-corrected chi connectivity index (χ3v) is 4.60. The Kier molecular flexibility index (Phi) is 4.18. The first-order chi connectivity index (χ1) is 11.8. The number of aromatic nitrogens is 4. The number of aryl methyl sites for hydroxylation is 4. The molecule has 0 fully saturated rings. The Balaban J connectivity index is 0.00000157. The van der Waals surface area contributed by atoms with Crippen molar-refractivity contribution >= 4 is 22.1 Å². The summed E-state index contributed by atoms with van der Waals surface area (Å²) in [7, 11) is 0. The Labute approximate surface area is 155 Å². The molecule has 0 atom stereocenters. The zero-order valence-electron chi connectivity index (χ0n) is 13.7. The Morgan fingerprint density at radius 2 is 0.800 bits per heavy atom. The largest absolute Gasteiger partial charge is 0.355 e. The van der Waals surface area contributed by atoms with Crippen LogP contribution in [0.1, 0.15) is 22.8 Å². The number of nitrogens with one attached hydrogen (secondary N) is 2. The zero-order valence-corrected chi connectivity index (χ0v) is 14.6. The molecule has 5 rings (SSSR count). The fourth-order valence-corrected chi connectivity index (χ4v) is 3.44. The quantitative estimate of drug-likeness (QED) is 0.588. The van der Waals surface area contributed by atoms with Gasteiger partial charge >= 0.3 is 0 Å². The summed E-state index contributed by atoms with van der Waals surface area (Å²) in [6.45, 7) is 0. The van der Waals surface area contributed by atoms with Gasteiger partial charge in [0.2, 0.25) is 0 Å². The van der Waals surface area contributed by atoms with E-state index in [1.165, 1.54) is 0 Å². The van der Waals surface area contributed by atoms with Crippen molar-refractivity contribution in [2.75, 3.05) is 0 Å². The molecule has 8 bridgehead atoms. The van der Waals surface area contributed by atoms with E-state index in [2.05, 4.69) is 58.5 Å². The van der Waals surface area contributed by atoms with Gasteiger partial charge in [0, 0.05) is 61.3 Å². The minimum atomic E-state index is 0. The van der Waals surface area contributed by atoms with E-state index in [-0.39, 0.29) is 16.5 Å². The summed E-state index contributed by atoms with van der Waals surface area (Å²) in [6.07, 6.45) is 3.98. The van der Waals surface area contributed by atoms with Gasteiger partial charge in [0.15, 0.2) is 0 Å². The number of nitrogens with zero attached hydrogens (tertiary/aromatic N) is 2. The van der Waals surface area contributed by atoms with Gasteiger partial charge in [-0.05, 0) is 74.2 Å². The van der Waals surface area contributed by atoms with Gasteiger partial charge in [0.05, 0.1) is 0 Å². The van der Waals surface area contributed by atoms with E-state index in [4.69, 9.17) is 9.97 Å². The van der Waals surface area contributed by atoms with Gasteiger partial charge in [0.1, 0.15) is 0 Å². The molecule has 5 heteroatoms. The van der Waals surface area contributed by atoms with E-state index in [9.17, 15) is 0 Å². The van der Waals surface area contributed by atoms with Crippen LogP contribution < -0.4 is 0 Å². The van der Waals surface area contributed by atoms with E-state index >= 15 is 0 Å². The number of hydrogen-bond acceptors (Lipinski definition) is 2. The van der Waals surface area contributed by atoms with Crippen molar-refractivity contribution in [2.45, 2.75) is 25.7 Å². The van der Waals surface area contributed by atoms with E-state index in [1.807, 2.05) is 0 Å². The molecule has 3 aromatic heterocycles. The normalized spacial score (nSPS) is 13.4. The predicted molar refractivity (Wildman–Crippen MR) is 95.8 cm³/mol. The summed E-state index contributed by atoms with van der Waals surface area (Å²) in [6, 6.07) is 17.0. The van der Waals surface area contributed by atoms with E-state index in [0.29, 0.717) is 0 Å². The van der Waals surface area contributed by atoms with Crippen molar-refractivity contribution in [1.82, 2.24) is 19.9 Å². The maximum Gasteiger partial charge on any atom is 0.0431 e. The summed E-state index contributed by atoms with van der Waals surface area (Å²) >= 11 is 0. The molecule has 2 aliphatic heterocycles. The molecule has 3 aromatic rings. The molecule has 0 saturated heterocycles. The molecule has 25 heavy (non-hydrogen) atoms. The molecule has 5 heterocycles. The average molecular weight is 373 g/mol. The monoisotopic (exact) mass is 372 g/mol. The van der Waals surface area contributed by atoms with Crippen molar-refractivity contribution in [3.05, 3.63) is 71.3 Å². The second-order valence-electron chi connectivity index (χ2n) is 6.50. The maximum absolute atomic E-state index is 4.76. The van der Waals surface area contributed by atoms with Crippen LogP contribution in [0.15, 0.2) is 48.5 Å². The Bertz CT molecular complexity index is 913. The van der Waals surface area contributed by atoms with Crippen LogP contribution >= 0.6 is 0 Å². The molecule has 0 spiro atoms. The summed E-state index contributed by atoms with van der Waals surface area (Å²) < 4.78 is 0. The second kappa shape index (κ2) is 6.49. The summed E-state index contributed by atoms with van der Waals surface area (Å²) in [5.74, 6) is 0. The predicted octanol–water partition coefficient (Wildman–Crippen LogP) is 3.88. The molecular formula is C20H18N4Ni.